The third kappa shape index (κ3) is 12.0. The van der Waals surface area contributed by atoms with E-state index in [1.165, 1.54) is 0 Å². The second kappa shape index (κ2) is 11.6. The summed E-state index contributed by atoms with van der Waals surface area (Å²) in [7, 11) is 1.64. The predicted octanol–water partition coefficient (Wildman–Crippen LogP) is 3.61. The monoisotopic (exact) mass is 502 g/mol. The number of aryl methyl sites for hydroxylation is 1. The van der Waals surface area contributed by atoms with E-state index in [1.54, 1.807) is 26.1 Å². The lowest BCUT2D eigenvalue weighted by Gasteiger charge is -2.21. The van der Waals surface area contributed by atoms with Gasteiger partial charge >= 0.3 is 6.18 Å². The first kappa shape index (κ1) is 25.8. The summed E-state index contributed by atoms with van der Waals surface area (Å²) in [6, 6.07) is 5.19. The molecule has 3 N–H and O–H groups in total. The van der Waals surface area contributed by atoms with Gasteiger partial charge in [0.1, 0.15) is 5.75 Å². The highest BCUT2D eigenvalue weighted by Crippen LogP contribution is 2.23. The zero-order valence-electron chi connectivity index (χ0n) is 16.5. The van der Waals surface area contributed by atoms with E-state index in [0.717, 1.165) is 12.1 Å². The number of halogens is 4. The van der Waals surface area contributed by atoms with Crippen molar-refractivity contribution in [2.24, 2.45) is 4.99 Å². The molecule has 0 aliphatic carbocycles. The highest BCUT2D eigenvalue weighted by atomic mass is 127. The smallest absolute Gasteiger partial charge is 0.422 e. The Kier molecular flexibility index (Phi) is 11.0. The van der Waals surface area contributed by atoms with Gasteiger partial charge in [0.25, 0.3) is 0 Å². The molecule has 1 aromatic rings. The van der Waals surface area contributed by atoms with E-state index in [1.807, 2.05) is 6.07 Å². The van der Waals surface area contributed by atoms with E-state index >= 15 is 0 Å². The van der Waals surface area contributed by atoms with Gasteiger partial charge in [-0.05, 0) is 39.3 Å². The lowest BCUT2D eigenvalue weighted by atomic mass is 10.1. The molecule has 0 fully saturated rings. The Morgan fingerprint density at radius 2 is 1.78 bits per heavy atom. The number of alkyl halides is 3. The fourth-order valence-electron chi connectivity index (χ4n) is 2.12. The first-order chi connectivity index (χ1) is 12.0. The van der Waals surface area contributed by atoms with Crippen molar-refractivity contribution in [2.75, 3.05) is 26.7 Å². The molecule has 5 nitrogen and oxygen atoms in total. The first-order valence-electron chi connectivity index (χ1n) is 8.49. The summed E-state index contributed by atoms with van der Waals surface area (Å²) in [5.41, 5.74) is 1.50. The maximum Gasteiger partial charge on any atom is 0.422 e. The van der Waals surface area contributed by atoms with Crippen molar-refractivity contribution in [1.29, 1.82) is 0 Å². The zero-order chi connectivity index (χ0) is 19.8. The van der Waals surface area contributed by atoms with Gasteiger partial charge in [0.2, 0.25) is 0 Å². The Hall–Kier alpha value is -1.23. The number of nitrogens with one attached hydrogen (secondary N) is 3. The minimum absolute atomic E-state index is 0. The maximum absolute atomic E-state index is 12.4. The minimum Gasteiger partial charge on any atom is -0.484 e. The standard InChI is InChI=1S/C18H29F3N4O.HI/c1-13-6-7-14(15(10-13)26-12-18(19,20)21)11-24-16(22-5)23-8-9-25-17(2,3)4;/h6-7,10,25H,8-9,11-12H2,1-5H3,(H2,22,23,24);1H. The second-order valence-electron chi connectivity index (χ2n) is 7.04. The van der Waals surface area contributed by atoms with E-state index in [4.69, 9.17) is 4.74 Å². The molecule has 0 radical (unpaired) electrons. The Morgan fingerprint density at radius 1 is 1.11 bits per heavy atom. The van der Waals surface area contributed by atoms with Crippen molar-refractivity contribution < 1.29 is 17.9 Å². The molecule has 1 rings (SSSR count). The summed E-state index contributed by atoms with van der Waals surface area (Å²) in [5, 5.41) is 9.59. The van der Waals surface area contributed by atoms with E-state index in [-0.39, 0.29) is 35.3 Å². The van der Waals surface area contributed by atoms with Gasteiger partial charge in [-0.15, -0.1) is 24.0 Å². The summed E-state index contributed by atoms with van der Waals surface area (Å²) < 4.78 is 42.2. The molecule has 0 atom stereocenters. The summed E-state index contributed by atoms with van der Waals surface area (Å²) in [5.74, 6) is 0.794. The number of guanidine groups is 1. The summed E-state index contributed by atoms with van der Waals surface area (Å²) in [6.45, 7) is 8.48. The van der Waals surface area contributed by atoms with Crippen LogP contribution in [0.1, 0.15) is 31.9 Å². The number of rotatable bonds is 7. The molecule has 0 bridgehead atoms. The van der Waals surface area contributed by atoms with E-state index in [2.05, 4.69) is 41.7 Å². The highest BCUT2D eigenvalue weighted by molar-refractivity contribution is 14.0. The van der Waals surface area contributed by atoms with Crippen LogP contribution in [-0.4, -0.2) is 44.4 Å². The number of benzene rings is 1. The van der Waals surface area contributed by atoms with Gasteiger partial charge in [0.05, 0.1) is 0 Å². The van der Waals surface area contributed by atoms with Crippen LogP contribution in [0.25, 0.3) is 0 Å². The molecule has 1 aromatic carbocycles. The number of nitrogens with zero attached hydrogens (tertiary/aromatic N) is 1. The van der Waals surface area contributed by atoms with Crippen LogP contribution in [0, 0.1) is 6.92 Å². The number of aliphatic imine (C=N–C) groups is 1. The molecule has 0 saturated heterocycles. The normalized spacial score (nSPS) is 12.4. The second-order valence-corrected chi connectivity index (χ2v) is 7.04. The van der Waals surface area contributed by atoms with Gasteiger partial charge in [-0.2, -0.15) is 13.2 Å². The Bertz CT molecular complexity index is 601. The number of hydrogen-bond acceptors (Lipinski definition) is 3. The third-order valence-corrected chi connectivity index (χ3v) is 3.36. The third-order valence-electron chi connectivity index (χ3n) is 3.36. The lowest BCUT2D eigenvalue weighted by molar-refractivity contribution is -0.153. The van der Waals surface area contributed by atoms with Crippen molar-refractivity contribution in [2.45, 2.75) is 46.0 Å². The fourth-order valence-corrected chi connectivity index (χ4v) is 2.12. The average Bonchev–Trinajstić information content (AvgIpc) is 2.51. The van der Waals surface area contributed by atoms with E-state index in [9.17, 15) is 13.2 Å². The quantitative estimate of drug-likeness (QED) is 0.231. The van der Waals surface area contributed by atoms with Gasteiger partial charge < -0.3 is 20.7 Å². The van der Waals surface area contributed by atoms with Crippen molar-refractivity contribution >= 4 is 29.9 Å². The maximum atomic E-state index is 12.4. The molecule has 27 heavy (non-hydrogen) atoms. The largest absolute Gasteiger partial charge is 0.484 e. The minimum atomic E-state index is -4.37. The van der Waals surface area contributed by atoms with Crippen LogP contribution >= 0.6 is 24.0 Å². The molecule has 156 valence electrons. The van der Waals surface area contributed by atoms with Gasteiger partial charge in [0.15, 0.2) is 12.6 Å². The summed E-state index contributed by atoms with van der Waals surface area (Å²) in [6.07, 6.45) is -4.37. The van der Waals surface area contributed by atoms with Crippen LogP contribution < -0.4 is 20.7 Å². The SMILES string of the molecule is CN=C(NCCNC(C)(C)C)NCc1ccc(C)cc1OCC(F)(F)F.I. The van der Waals surface area contributed by atoms with Crippen LogP contribution in [0.3, 0.4) is 0 Å². The average molecular weight is 502 g/mol. The summed E-state index contributed by atoms with van der Waals surface area (Å²) >= 11 is 0. The summed E-state index contributed by atoms with van der Waals surface area (Å²) in [4.78, 5) is 4.12. The lowest BCUT2D eigenvalue weighted by Crippen LogP contribution is -2.44. The van der Waals surface area contributed by atoms with Crippen LogP contribution in [0.2, 0.25) is 0 Å². The molecule has 0 aliphatic rings. The molecule has 0 amide bonds. The Morgan fingerprint density at radius 3 is 2.33 bits per heavy atom. The van der Waals surface area contributed by atoms with Crippen LogP contribution in [0.15, 0.2) is 23.2 Å². The zero-order valence-corrected chi connectivity index (χ0v) is 18.8. The van der Waals surface area contributed by atoms with Crippen molar-refractivity contribution in [3.63, 3.8) is 0 Å². The molecule has 0 spiro atoms. The highest BCUT2D eigenvalue weighted by Gasteiger charge is 2.28. The molecule has 0 unspecified atom stereocenters. The molecule has 0 heterocycles. The molecule has 0 aromatic heterocycles. The van der Waals surface area contributed by atoms with Crippen LogP contribution in [0.5, 0.6) is 5.75 Å². The van der Waals surface area contributed by atoms with Crippen LogP contribution in [-0.2, 0) is 6.54 Å². The fraction of sp³-hybridized carbons (Fsp3) is 0.611. The van der Waals surface area contributed by atoms with E-state index < -0.39 is 12.8 Å². The number of hydrogen-bond donors (Lipinski definition) is 3. The van der Waals surface area contributed by atoms with E-state index in [0.29, 0.717) is 24.6 Å². The molecular weight excluding hydrogens is 472 g/mol. The molecule has 0 aliphatic heterocycles. The van der Waals surface area contributed by atoms with Gasteiger partial charge in [-0.3, -0.25) is 4.99 Å². The van der Waals surface area contributed by atoms with Gasteiger partial charge in [0, 0.05) is 37.8 Å². The molecule has 9 heteroatoms. The predicted molar refractivity (Wildman–Crippen MR) is 114 cm³/mol. The van der Waals surface area contributed by atoms with Crippen molar-refractivity contribution in [3.05, 3.63) is 29.3 Å². The van der Waals surface area contributed by atoms with Gasteiger partial charge in [-0.25, -0.2) is 0 Å². The molecular formula is C18H30F3IN4O. The Balaban J connectivity index is 0.00000676. The van der Waals surface area contributed by atoms with Crippen molar-refractivity contribution in [3.8, 4) is 5.75 Å². The Labute approximate surface area is 176 Å². The van der Waals surface area contributed by atoms with Crippen molar-refractivity contribution in [1.82, 2.24) is 16.0 Å². The first-order valence-corrected chi connectivity index (χ1v) is 8.49. The number of ether oxygens (including phenoxy) is 1. The van der Waals surface area contributed by atoms with Crippen LogP contribution in [0.4, 0.5) is 13.2 Å². The van der Waals surface area contributed by atoms with Gasteiger partial charge in [-0.1, -0.05) is 12.1 Å². The molecule has 0 saturated carbocycles. The topological polar surface area (TPSA) is 57.7 Å².